The van der Waals surface area contributed by atoms with Crippen molar-refractivity contribution in [2.45, 2.75) is 32.7 Å². The molecule has 1 fully saturated rings. The normalized spacial score (nSPS) is 39.0. The third-order valence-corrected chi connectivity index (χ3v) is 2.63. The molecule has 2 heteroatoms. The Morgan fingerprint density at radius 3 is 2.73 bits per heavy atom. The fraction of sp³-hybridized carbons (Fsp3) is 1.00. The number of rotatable bonds is 2. The van der Waals surface area contributed by atoms with Crippen LogP contribution in [0.5, 0.6) is 0 Å². The third kappa shape index (κ3) is 2.46. The van der Waals surface area contributed by atoms with Gasteiger partial charge in [-0.3, -0.25) is 0 Å². The van der Waals surface area contributed by atoms with Crippen LogP contribution in [0.15, 0.2) is 0 Å². The zero-order valence-electron chi connectivity index (χ0n) is 7.51. The molecule has 0 aromatic heterocycles. The SMILES string of the molecule is CC1C[C@H](C)CNC1CCO. The Morgan fingerprint density at radius 2 is 2.18 bits per heavy atom. The van der Waals surface area contributed by atoms with Gasteiger partial charge in [-0.05, 0) is 31.2 Å². The summed E-state index contributed by atoms with van der Waals surface area (Å²) in [5.74, 6) is 1.53. The van der Waals surface area contributed by atoms with Crippen molar-refractivity contribution in [3.05, 3.63) is 0 Å². The fourth-order valence-electron chi connectivity index (χ4n) is 1.96. The molecule has 0 saturated carbocycles. The first-order valence-electron chi connectivity index (χ1n) is 4.58. The van der Waals surface area contributed by atoms with E-state index >= 15 is 0 Å². The van der Waals surface area contributed by atoms with Crippen molar-refractivity contribution in [1.29, 1.82) is 0 Å². The first kappa shape index (κ1) is 9.01. The average Bonchev–Trinajstić information content (AvgIpc) is 1.95. The summed E-state index contributed by atoms with van der Waals surface area (Å²) in [5, 5.41) is 12.2. The molecule has 0 aliphatic carbocycles. The Balaban J connectivity index is 2.31. The van der Waals surface area contributed by atoms with Gasteiger partial charge in [-0.25, -0.2) is 0 Å². The number of nitrogens with one attached hydrogen (secondary N) is 1. The highest BCUT2D eigenvalue weighted by Gasteiger charge is 2.23. The van der Waals surface area contributed by atoms with E-state index in [2.05, 4.69) is 19.2 Å². The van der Waals surface area contributed by atoms with Crippen LogP contribution in [-0.2, 0) is 0 Å². The summed E-state index contributed by atoms with van der Waals surface area (Å²) in [7, 11) is 0. The Hall–Kier alpha value is -0.0800. The smallest absolute Gasteiger partial charge is 0.0445 e. The van der Waals surface area contributed by atoms with E-state index in [0.29, 0.717) is 12.6 Å². The van der Waals surface area contributed by atoms with E-state index in [9.17, 15) is 0 Å². The van der Waals surface area contributed by atoms with Gasteiger partial charge < -0.3 is 10.4 Å². The maximum atomic E-state index is 8.76. The van der Waals surface area contributed by atoms with Crippen molar-refractivity contribution in [2.75, 3.05) is 13.2 Å². The standard InChI is InChI=1S/C9H19NO/c1-7-5-8(2)9(3-4-11)10-6-7/h7-11H,3-6H2,1-2H3/t7-,8?,9?/m0/s1. The van der Waals surface area contributed by atoms with E-state index in [1.54, 1.807) is 0 Å². The molecular weight excluding hydrogens is 138 g/mol. The van der Waals surface area contributed by atoms with Gasteiger partial charge in [0.05, 0.1) is 0 Å². The van der Waals surface area contributed by atoms with Gasteiger partial charge in [-0.2, -0.15) is 0 Å². The maximum Gasteiger partial charge on any atom is 0.0445 e. The zero-order chi connectivity index (χ0) is 8.27. The van der Waals surface area contributed by atoms with Gasteiger partial charge in [0.25, 0.3) is 0 Å². The minimum Gasteiger partial charge on any atom is -0.396 e. The number of hydrogen-bond donors (Lipinski definition) is 2. The summed E-state index contributed by atoms with van der Waals surface area (Å²) in [6.45, 7) is 5.98. The molecule has 1 heterocycles. The molecule has 1 rings (SSSR count). The van der Waals surface area contributed by atoms with Gasteiger partial charge in [0.2, 0.25) is 0 Å². The van der Waals surface area contributed by atoms with Crippen LogP contribution in [-0.4, -0.2) is 24.3 Å². The third-order valence-electron chi connectivity index (χ3n) is 2.63. The van der Waals surface area contributed by atoms with E-state index in [1.807, 2.05) is 0 Å². The van der Waals surface area contributed by atoms with Gasteiger partial charge >= 0.3 is 0 Å². The van der Waals surface area contributed by atoms with E-state index in [0.717, 1.165) is 24.8 Å². The fourth-order valence-corrected chi connectivity index (χ4v) is 1.96. The summed E-state index contributed by atoms with van der Waals surface area (Å²) < 4.78 is 0. The van der Waals surface area contributed by atoms with E-state index in [-0.39, 0.29) is 0 Å². The van der Waals surface area contributed by atoms with Crippen LogP contribution in [0.1, 0.15) is 26.7 Å². The quantitative estimate of drug-likeness (QED) is 0.627. The largest absolute Gasteiger partial charge is 0.396 e. The number of aliphatic hydroxyl groups excluding tert-OH is 1. The Labute approximate surface area is 69.0 Å². The minimum atomic E-state index is 0.316. The first-order valence-corrected chi connectivity index (χ1v) is 4.58. The van der Waals surface area contributed by atoms with E-state index < -0.39 is 0 Å². The summed E-state index contributed by atoms with van der Waals surface area (Å²) in [6.07, 6.45) is 2.21. The Bertz CT molecular complexity index is 116. The molecule has 0 radical (unpaired) electrons. The molecule has 2 unspecified atom stereocenters. The molecular formula is C9H19NO. The van der Waals surface area contributed by atoms with Crippen LogP contribution < -0.4 is 5.32 Å². The zero-order valence-corrected chi connectivity index (χ0v) is 7.51. The molecule has 0 amide bonds. The molecule has 1 aliphatic rings. The molecule has 1 saturated heterocycles. The lowest BCUT2D eigenvalue weighted by Gasteiger charge is -2.33. The second-order valence-corrected chi connectivity index (χ2v) is 3.85. The Kier molecular flexibility index (Phi) is 3.34. The van der Waals surface area contributed by atoms with Crippen molar-refractivity contribution < 1.29 is 5.11 Å². The summed E-state index contributed by atoms with van der Waals surface area (Å²) >= 11 is 0. The summed E-state index contributed by atoms with van der Waals surface area (Å²) in [6, 6.07) is 0.552. The van der Waals surface area contributed by atoms with Crippen molar-refractivity contribution in [1.82, 2.24) is 5.32 Å². The highest BCUT2D eigenvalue weighted by molar-refractivity contribution is 4.80. The Morgan fingerprint density at radius 1 is 1.45 bits per heavy atom. The average molecular weight is 157 g/mol. The molecule has 3 atom stereocenters. The van der Waals surface area contributed by atoms with Crippen LogP contribution >= 0.6 is 0 Å². The number of piperidine rings is 1. The minimum absolute atomic E-state index is 0.316. The monoisotopic (exact) mass is 157 g/mol. The van der Waals surface area contributed by atoms with Crippen LogP contribution in [0.4, 0.5) is 0 Å². The van der Waals surface area contributed by atoms with Crippen LogP contribution in [0, 0.1) is 11.8 Å². The van der Waals surface area contributed by atoms with Gasteiger partial charge in [0, 0.05) is 12.6 Å². The molecule has 0 aromatic carbocycles. The topological polar surface area (TPSA) is 32.3 Å². The number of aliphatic hydroxyl groups is 1. The lowest BCUT2D eigenvalue weighted by atomic mass is 9.85. The van der Waals surface area contributed by atoms with Gasteiger partial charge in [-0.1, -0.05) is 13.8 Å². The summed E-state index contributed by atoms with van der Waals surface area (Å²) in [4.78, 5) is 0. The molecule has 66 valence electrons. The highest BCUT2D eigenvalue weighted by atomic mass is 16.3. The van der Waals surface area contributed by atoms with E-state index in [4.69, 9.17) is 5.11 Å². The predicted molar refractivity (Wildman–Crippen MR) is 46.4 cm³/mol. The van der Waals surface area contributed by atoms with Crippen molar-refractivity contribution in [2.24, 2.45) is 11.8 Å². The van der Waals surface area contributed by atoms with Crippen molar-refractivity contribution in [3.63, 3.8) is 0 Å². The van der Waals surface area contributed by atoms with E-state index in [1.165, 1.54) is 6.42 Å². The van der Waals surface area contributed by atoms with Crippen LogP contribution in [0.25, 0.3) is 0 Å². The van der Waals surface area contributed by atoms with Crippen LogP contribution in [0.3, 0.4) is 0 Å². The molecule has 11 heavy (non-hydrogen) atoms. The van der Waals surface area contributed by atoms with Crippen molar-refractivity contribution >= 4 is 0 Å². The molecule has 0 bridgehead atoms. The lowest BCUT2D eigenvalue weighted by Crippen LogP contribution is -2.44. The lowest BCUT2D eigenvalue weighted by molar-refractivity contribution is 0.192. The molecule has 0 aromatic rings. The summed E-state index contributed by atoms with van der Waals surface area (Å²) in [5.41, 5.74) is 0. The molecule has 1 aliphatic heterocycles. The number of hydrogen-bond acceptors (Lipinski definition) is 2. The first-order chi connectivity index (χ1) is 5.24. The van der Waals surface area contributed by atoms with Gasteiger partial charge in [0.1, 0.15) is 0 Å². The second kappa shape index (κ2) is 4.07. The second-order valence-electron chi connectivity index (χ2n) is 3.85. The van der Waals surface area contributed by atoms with Crippen molar-refractivity contribution in [3.8, 4) is 0 Å². The molecule has 2 N–H and O–H groups in total. The highest BCUT2D eigenvalue weighted by Crippen LogP contribution is 2.21. The maximum absolute atomic E-state index is 8.76. The van der Waals surface area contributed by atoms with Gasteiger partial charge in [0.15, 0.2) is 0 Å². The predicted octanol–water partition coefficient (Wildman–Crippen LogP) is 1.00. The molecule has 0 spiro atoms. The molecule has 2 nitrogen and oxygen atoms in total. The van der Waals surface area contributed by atoms with Gasteiger partial charge in [-0.15, -0.1) is 0 Å². The van der Waals surface area contributed by atoms with Crippen LogP contribution in [0.2, 0.25) is 0 Å².